The molecule has 7 heavy (non-hydrogen) atoms. The Kier molecular flexibility index (Phi) is 8.51. The topological polar surface area (TPSA) is 0 Å². The molecule has 0 aliphatic heterocycles. The van der Waals surface area contributed by atoms with Gasteiger partial charge in [0.15, 0.2) is 0 Å². The standard InChI is InChI=1S/F4N.2FH/c1-5(2,3)4;;/h;2*1H/q+1;;. The molecule has 0 rings (SSSR count). The van der Waals surface area contributed by atoms with Crippen molar-refractivity contribution in [1.82, 2.24) is 0 Å². The van der Waals surface area contributed by atoms with Gasteiger partial charge in [0.05, 0.1) is 0 Å². The maximum Gasteiger partial charge on any atom is 0.440 e. The van der Waals surface area contributed by atoms with E-state index in [2.05, 4.69) is 0 Å². The van der Waals surface area contributed by atoms with Gasteiger partial charge in [0.2, 0.25) is 0 Å². The molecular weight excluding hydrogens is 128 g/mol. The van der Waals surface area contributed by atoms with Gasteiger partial charge in [0.1, 0.15) is 17.9 Å². The zero-order chi connectivity index (χ0) is 4.50. The van der Waals surface area contributed by atoms with E-state index in [-0.39, 0.29) is 9.41 Å². The number of nitrogens with zero attached hydrogens (tertiary/aromatic N) is 1. The summed E-state index contributed by atoms with van der Waals surface area (Å²) in [6, 6.07) is 0. The van der Waals surface area contributed by atoms with Crippen molar-refractivity contribution in [2.45, 2.75) is 0 Å². The first-order valence-corrected chi connectivity index (χ1v) is 0.676. The molecule has 0 aromatic heterocycles. The van der Waals surface area contributed by atoms with Crippen molar-refractivity contribution in [2.75, 3.05) is 0 Å². The smallest absolute Gasteiger partial charge is 0.269 e. The van der Waals surface area contributed by atoms with Crippen molar-refractivity contribution in [3.8, 4) is 0 Å². The number of halogens is 6. The zero-order valence-corrected chi connectivity index (χ0v) is 2.78. The first kappa shape index (κ1) is 16.0. The van der Waals surface area contributed by atoms with E-state index in [1.54, 1.807) is 0 Å². The third kappa shape index (κ3) is 328. The third-order valence-electron chi connectivity index (χ3n) is 0. The molecule has 0 amide bonds. The first-order chi connectivity index (χ1) is 2.00. The predicted octanol–water partition coefficient (Wildman–Crippen LogP) is 1.65. The average Bonchev–Trinajstić information content (AvgIpc) is 0.722. The molecule has 0 N–H and O–H groups in total. The Hall–Kier alpha value is -0.460. The molecular formula is H2F6N+. The Bertz CT molecular complexity index is 19.7. The lowest BCUT2D eigenvalue weighted by Gasteiger charge is -1.71. The molecule has 0 spiro atoms. The van der Waals surface area contributed by atoms with Gasteiger partial charge in [-0.25, -0.2) is 0 Å². The van der Waals surface area contributed by atoms with E-state index in [4.69, 9.17) is 0 Å². The van der Waals surface area contributed by atoms with E-state index < -0.39 is 5.37 Å². The summed E-state index contributed by atoms with van der Waals surface area (Å²) in [4.78, 5) is 0. The summed E-state index contributed by atoms with van der Waals surface area (Å²) in [7, 11) is 0. The molecule has 0 unspecified atom stereocenters. The van der Waals surface area contributed by atoms with Gasteiger partial charge in [-0.15, -0.1) is 0 Å². The van der Waals surface area contributed by atoms with Gasteiger partial charge < -0.3 is 0 Å². The molecule has 0 aromatic carbocycles. The molecule has 0 fully saturated rings. The Morgan fingerprint density at radius 2 is 0.714 bits per heavy atom. The molecule has 0 saturated carbocycles. The molecule has 7 heteroatoms. The minimum absolute atomic E-state index is 0. The van der Waals surface area contributed by atoms with Crippen molar-refractivity contribution in [1.29, 1.82) is 0 Å². The monoisotopic (exact) mass is 130 g/mol. The van der Waals surface area contributed by atoms with Gasteiger partial charge in [0, 0.05) is 0 Å². The Morgan fingerprint density at radius 3 is 0.714 bits per heavy atom. The normalized spacial score (nSPS) is 8.57. The van der Waals surface area contributed by atoms with Gasteiger partial charge in [-0.2, -0.15) is 0 Å². The van der Waals surface area contributed by atoms with Crippen LogP contribution in [0.25, 0.3) is 0 Å². The second-order valence-corrected chi connectivity index (χ2v) is 0.383. The van der Waals surface area contributed by atoms with Crippen LogP contribution in [0, 0.1) is 0 Å². The second-order valence-electron chi connectivity index (χ2n) is 0.383. The van der Waals surface area contributed by atoms with Crippen molar-refractivity contribution in [3.63, 3.8) is 0 Å². The summed E-state index contributed by atoms with van der Waals surface area (Å²) in [5.74, 6) is 0. The molecule has 0 aromatic rings. The van der Waals surface area contributed by atoms with Crippen LogP contribution in [0.5, 0.6) is 0 Å². The summed E-state index contributed by atoms with van der Waals surface area (Å²) in [6.07, 6.45) is 0. The molecule has 48 valence electrons. The van der Waals surface area contributed by atoms with E-state index in [0.29, 0.717) is 0 Å². The highest BCUT2D eigenvalue weighted by Gasteiger charge is 2.30. The molecule has 0 heterocycles. The van der Waals surface area contributed by atoms with E-state index in [9.17, 15) is 17.9 Å². The van der Waals surface area contributed by atoms with Gasteiger partial charge >= 0.3 is 5.37 Å². The fraction of sp³-hybridized carbons (Fsp3) is 0. The Labute approximate surface area is 34.2 Å². The zero-order valence-electron chi connectivity index (χ0n) is 2.78. The fourth-order valence-electron chi connectivity index (χ4n) is 0. The number of hydrogen-bond acceptors (Lipinski definition) is 0. The van der Waals surface area contributed by atoms with Crippen LogP contribution in [-0.2, 0) is 0 Å². The van der Waals surface area contributed by atoms with Crippen LogP contribution in [0.15, 0.2) is 0 Å². The van der Waals surface area contributed by atoms with Gasteiger partial charge in [0.25, 0.3) is 0 Å². The van der Waals surface area contributed by atoms with Crippen molar-refractivity contribution < 1.29 is 32.7 Å². The highest BCUT2D eigenvalue weighted by Crippen LogP contribution is 2.08. The number of hydrogen-bond donors (Lipinski definition) is 0. The van der Waals surface area contributed by atoms with Crippen LogP contribution in [0.4, 0.5) is 27.3 Å². The minimum Gasteiger partial charge on any atom is -0.269 e. The summed E-state index contributed by atoms with van der Waals surface area (Å²) < 4.78 is 38.5. The lowest BCUT2D eigenvalue weighted by atomic mass is 13.3. The van der Waals surface area contributed by atoms with E-state index in [1.165, 1.54) is 0 Å². The van der Waals surface area contributed by atoms with Crippen molar-refractivity contribution in [2.24, 2.45) is 0 Å². The lowest BCUT2D eigenvalue weighted by molar-refractivity contribution is -1.36. The highest BCUT2D eigenvalue weighted by atomic mass is 19.7. The van der Waals surface area contributed by atoms with Crippen LogP contribution in [0.3, 0.4) is 0 Å². The summed E-state index contributed by atoms with van der Waals surface area (Å²) in [6.45, 7) is 0. The van der Waals surface area contributed by atoms with Crippen LogP contribution in [0.2, 0.25) is 0 Å². The summed E-state index contributed by atoms with van der Waals surface area (Å²) in [5, 5.41) is -5.00. The second kappa shape index (κ2) is 3.72. The van der Waals surface area contributed by atoms with Gasteiger partial charge in [-0.05, 0) is 0 Å². The van der Waals surface area contributed by atoms with E-state index >= 15 is 0 Å². The van der Waals surface area contributed by atoms with Crippen LogP contribution >= 0.6 is 0 Å². The molecule has 0 bridgehead atoms. The number of rotatable bonds is 0. The molecule has 0 atom stereocenters. The molecule has 0 saturated heterocycles. The Balaban J connectivity index is -0.0000000800. The van der Waals surface area contributed by atoms with E-state index in [0.717, 1.165) is 0 Å². The third-order valence-corrected chi connectivity index (χ3v) is 0. The fourth-order valence-corrected chi connectivity index (χ4v) is 0. The first-order valence-electron chi connectivity index (χ1n) is 0.676. The molecule has 0 radical (unpaired) electrons. The molecule has 1 nitrogen and oxygen atoms in total. The van der Waals surface area contributed by atoms with Crippen LogP contribution < -0.4 is 0 Å². The molecule has 0 aliphatic carbocycles. The van der Waals surface area contributed by atoms with Gasteiger partial charge in [-0.3, -0.25) is 9.41 Å². The minimum atomic E-state index is -5.00. The van der Waals surface area contributed by atoms with Gasteiger partial charge in [-0.1, -0.05) is 0 Å². The summed E-state index contributed by atoms with van der Waals surface area (Å²) in [5.41, 5.74) is 0. The largest absolute Gasteiger partial charge is 0.440 e. The number of quaternary nitrogens is 1. The maximum absolute atomic E-state index is 9.62. The maximum atomic E-state index is 9.62. The highest BCUT2D eigenvalue weighted by molar-refractivity contribution is 2.73. The average molecular weight is 130 g/mol. The van der Waals surface area contributed by atoms with Crippen LogP contribution in [0.1, 0.15) is 0 Å². The SMILES string of the molecule is F.F.F[N+](F)(F)F. The van der Waals surface area contributed by atoms with Crippen molar-refractivity contribution in [3.05, 3.63) is 0 Å². The summed E-state index contributed by atoms with van der Waals surface area (Å²) >= 11 is 0. The predicted molar refractivity (Wildman–Crippen MR) is 9.70 cm³/mol. The van der Waals surface area contributed by atoms with Crippen molar-refractivity contribution >= 4 is 0 Å². The van der Waals surface area contributed by atoms with Crippen LogP contribution in [-0.4, -0.2) is 5.37 Å². The quantitative estimate of drug-likeness (QED) is 0.345. The Morgan fingerprint density at radius 1 is 0.714 bits per heavy atom. The lowest BCUT2D eigenvalue weighted by Crippen LogP contribution is -1.99. The molecule has 0 aliphatic rings. The van der Waals surface area contributed by atoms with E-state index in [1.807, 2.05) is 0 Å².